The Morgan fingerprint density at radius 1 is 1.47 bits per heavy atom. The van der Waals surface area contributed by atoms with Crippen LogP contribution >= 0.6 is 0 Å². The van der Waals surface area contributed by atoms with E-state index in [-0.39, 0.29) is 0 Å². The summed E-state index contributed by atoms with van der Waals surface area (Å²) >= 11 is -2.33. The molecular formula is C10H10NO3S-. The number of nitriles is 1. The van der Waals surface area contributed by atoms with Crippen LogP contribution in [0.1, 0.15) is 18.6 Å². The van der Waals surface area contributed by atoms with Crippen molar-refractivity contribution in [1.82, 2.24) is 0 Å². The maximum Gasteiger partial charge on any atom is 0.170 e. The van der Waals surface area contributed by atoms with Gasteiger partial charge >= 0.3 is 0 Å². The molecule has 0 saturated heterocycles. The average molecular weight is 224 g/mol. The summed E-state index contributed by atoms with van der Waals surface area (Å²) in [5, 5.41) is 8.83. The van der Waals surface area contributed by atoms with E-state index in [9.17, 15) is 8.76 Å². The highest BCUT2D eigenvalue weighted by atomic mass is 32.2. The van der Waals surface area contributed by atoms with Gasteiger partial charge in [0.1, 0.15) is 5.44 Å². The summed E-state index contributed by atoms with van der Waals surface area (Å²) in [5.74, 6) is 0. The van der Waals surface area contributed by atoms with Crippen LogP contribution in [0, 0.1) is 11.3 Å². The third kappa shape index (κ3) is 3.44. The van der Waals surface area contributed by atoms with Crippen molar-refractivity contribution in [3.63, 3.8) is 0 Å². The molecule has 0 radical (unpaired) electrons. The van der Waals surface area contributed by atoms with Crippen LogP contribution in [0.15, 0.2) is 30.3 Å². The van der Waals surface area contributed by atoms with E-state index in [1.54, 1.807) is 24.3 Å². The highest BCUT2D eigenvalue weighted by Crippen LogP contribution is 2.18. The quantitative estimate of drug-likeness (QED) is 0.726. The molecule has 4 nitrogen and oxygen atoms in total. The minimum Gasteiger partial charge on any atom is -0.770 e. The standard InChI is InChI=1S/C10H11NO3S/c1-8(15(12)13)14-10(7-11)9-5-3-2-4-6-9/h2-6,8,10H,1H3,(H,12,13)/p-1/t8?,10-/m0/s1. The first-order valence-electron chi connectivity index (χ1n) is 4.33. The van der Waals surface area contributed by atoms with E-state index < -0.39 is 22.6 Å². The molecule has 2 unspecified atom stereocenters. The summed E-state index contributed by atoms with van der Waals surface area (Å²) in [5.41, 5.74) is -0.341. The summed E-state index contributed by atoms with van der Waals surface area (Å²) in [6.45, 7) is 1.39. The molecule has 0 heterocycles. The number of hydrogen-bond acceptors (Lipinski definition) is 4. The second kappa shape index (κ2) is 5.61. The largest absolute Gasteiger partial charge is 0.770 e. The molecule has 80 valence electrons. The molecule has 0 amide bonds. The van der Waals surface area contributed by atoms with Crippen LogP contribution in [-0.4, -0.2) is 14.2 Å². The van der Waals surface area contributed by atoms with Crippen molar-refractivity contribution >= 4 is 11.1 Å². The second-order valence-electron chi connectivity index (χ2n) is 2.88. The Morgan fingerprint density at radius 3 is 2.53 bits per heavy atom. The minimum atomic E-state index is -2.33. The molecule has 5 heteroatoms. The fraction of sp³-hybridized carbons (Fsp3) is 0.300. The summed E-state index contributed by atoms with van der Waals surface area (Å²) in [6, 6.07) is 10.7. The predicted octanol–water partition coefficient (Wildman–Crippen LogP) is 1.49. The predicted molar refractivity (Wildman–Crippen MR) is 54.3 cm³/mol. The highest BCUT2D eigenvalue weighted by Gasteiger charge is 2.14. The van der Waals surface area contributed by atoms with Gasteiger partial charge in [-0.2, -0.15) is 5.26 Å². The Bertz CT molecular complexity index is 374. The Hall–Kier alpha value is -1.22. The number of benzene rings is 1. The lowest BCUT2D eigenvalue weighted by atomic mass is 10.1. The fourth-order valence-corrected chi connectivity index (χ4v) is 1.25. The van der Waals surface area contributed by atoms with E-state index in [1.165, 1.54) is 6.92 Å². The van der Waals surface area contributed by atoms with Crippen molar-refractivity contribution in [1.29, 1.82) is 5.26 Å². The van der Waals surface area contributed by atoms with E-state index in [2.05, 4.69) is 0 Å². The van der Waals surface area contributed by atoms with Crippen LogP contribution in [0.25, 0.3) is 0 Å². The fourth-order valence-electron chi connectivity index (χ4n) is 1.05. The monoisotopic (exact) mass is 224 g/mol. The van der Waals surface area contributed by atoms with Gasteiger partial charge in [-0.25, -0.2) is 0 Å². The maximum absolute atomic E-state index is 10.5. The Morgan fingerprint density at radius 2 is 2.07 bits per heavy atom. The molecule has 1 rings (SSSR count). The molecule has 15 heavy (non-hydrogen) atoms. The van der Waals surface area contributed by atoms with Crippen molar-refractivity contribution in [2.75, 3.05) is 0 Å². The van der Waals surface area contributed by atoms with Crippen molar-refractivity contribution < 1.29 is 13.5 Å². The zero-order chi connectivity index (χ0) is 11.3. The van der Waals surface area contributed by atoms with Crippen molar-refractivity contribution in [2.45, 2.75) is 18.5 Å². The number of nitrogens with zero attached hydrogens (tertiary/aromatic N) is 1. The van der Waals surface area contributed by atoms with Crippen LogP contribution in [0.2, 0.25) is 0 Å². The molecule has 3 atom stereocenters. The molecule has 1 aromatic carbocycles. The van der Waals surface area contributed by atoms with Crippen LogP contribution in [0.3, 0.4) is 0 Å². The molecule has 0 fully saturated rings. The second-order valence-corrected chi connectivity index (χ2v) is 4.07. The summed E-state index contributed by atoms with van der Waals surface area (Å²) in [7, 11) is 0. The first kappa shape index (κ1) is 11.9. The molecule has 0 aromatic heterocycles. The van der Waals surface area contributed by atoms with Gasteiger partial charge in [0.15, 0.2) is 6.10 Å². The van der Waals surface area contributed by atoms with E-state index in [0.29, 0.717) is 5.56 Å². The average Bonchev–Trinajstić information content (AvgIpc) is 2.26. The lowest BCUT2D eigenvalue weighted by Gasteiger charge is -2.19. The van der Waals surface area contributed by atoms with Gasteiger partial charge in [-0.1, -0.05) is 30.3 Å². The molecule has 0 aliphatic heterocycles. The van der Waals surface area contributed by atoms with Crippen LogP contribution in [-0.2, 0) is 15.8 Å². The van der Waals surface area contributed by atoms with Gasteiger partial charge in [-0.3, -0.25) is 4.21 Å². The number of rotatable bonds is 4. The first-order chi connectivity index (χ1) is 7.15. The summed E-state index contributed by atoms with van der Waals surface area (Å²) in [6.07, 6.45) is -0.848. The molecule has 0 saturated carbocycles. The van der Waals surface area contributed by atoms with Crippen molar-refractivity contribution in [2.24, 2.45) is 0 Å². The van der Waals surface area contributed by atoms with Gasteiger partial charge in [-0.15, -0.1) is 0 Å². The SMILES string of the molecule is CC(O[C@@H](C#N)c1ccccc1)S(=O)[O-]. The smallest absolute Gasteiger partial charge is 0.170 e. The number of hydrogen-bond donors (Lipinski definition) is 0. The van der Waals surface area contributed by atoms with E-state index >= 15 is 0 Å². The molecule has 0 N–H and O–H groups in total. The lowest BCUT2D eigenvalue weighted by Crippen LogP contribution is -2.17. The molecule has 0 aliphatic carbocycles. The van der Waals surface area contributed by atoms with Gasteiger partial charge < -0.3 is 9.29 Å². The third-order valence-electron chi connectivity index (χ3n) is 1.82. The highest BCUT2D eigenvalue weighted by molar-refractivity contribution is 7.79. The Balaban J connectivity index is 2.75. The molecule has 1 aromatic rings. The number of ether oxygens (including phenoxy) is 1. The van der Waals surface area contributed by atoms with Crippen molar-refractivity contribution in [3.8, 4) is 6.07 Å². The van der Waals surface area contributed by atoms with E-state index in [0.717, 1.165) is 0 Å². The molecule has 0 bridgehead atoms. The third-order valence-corrected chi connectivity index (χ3v) is 2.47. The normalized spacial score (nSPS) is 16.3. The van der Waals surface area contributed by atoms with Crippen LogP contribution in [0.4, 0.5) is 0 Å². The Kier molecular flexibility index (Phi) is 4.43. The summed E-state index contributed by atoms with van der Waals surface area (Å²) < 4.78 is 26.2. The first-order valence-corrected chi connectivity index (χ1v) is 5.47. The van der Waals surface area contributed by atoms with Crippen LogP contribution < -0.4 is 0 Å². The molecule has 0 spiro atoms. The van der Waals surface area contributed by atoms with Gasteiger partial charge in [0.05, 0.1) is 6.07 Å². The topological polar surface area (TPSA) is 73.1 Å². The molecular weight excluding hydrogens is 214 g/mol. The zero-order valence-corrected chi connectivity index (χ0v) is 8.94. The van der Waals surface area contributed by atoms with E-state index in [4.69, 9.17) is 10.00 Å². The molecule has 0 aliphatic rings. The Labute approximate surface area is 90.8 Å². The van der Waals surface area contributed by atoms with E-state index in [1.807, 2.05) is 12.1 Å². The van der Waals surface area contributed by atoms with Gasteiger partial charge in [0.2, 0.25) is 0 Å². The lowest BCUT2D eigenvalue weighted by molar-refractivity contribution is 0.0726. The maximum atomic E-state index is 10.5. The van der Waals surface area contributed by atoms with Gasteiger partial charge in [0.25, 0.3) is 0 Å². The minimum absolute atomic E-state index is 0.650. The summed E-state index contributed by atoms with van der Waals surface area (Å²) in [4.78, 5) is 0. The van der Waals surface area contributed by atoms with Gasteiger partial charge in [0, 0.05) is 0 Å². The van der Waals surface area contributed by atoms with Gasteiger partial charge in [-0.05, 0) is 23.6 Å². The van der Waals surface area contributed by atoms with Crippen molar-refractivity contribution in [3.05, 3.63) is 35.9 Å². The zero-order valence-electron chi connectivity index (χ0n) is 8.12. The van der Waals surface area contributed by atoms with Crippen LogP contribution in [0.5, 0.6) is 0 Å².